The molecule has 2 aromatic carbocycles. The van der Waals surface area contributed by atoms with Crippen LogP contribution >= 0.6 is 0 Å². The number of carbonyl (C=O) groups excluding carboxylic acids is 3. The number of carbonyl (C=O) groups is 3. The summed E-state index contributed by atoms with van der Waals surface area (Å²) in [4.78, 5) is 43.1. The van der Waals surface area contributed by atoms with Crippen LogP contribution in [0.5, 0.6) is 0 Å². The Bertz CT molecular complexity index is 861. The number of rotatable bonds is 3. The van der Waals surface area contributed by atoms with Gasteiger partial charge in [-0.05, 0) is 24.3 Å². The average Bonchev–Trinajstić information content (AvgIpc) is 3.15. The fourth-order valence-electron chi connectivity index (χ4n) is 3.88. The van der Waals surface area contributed by atoms with Crippen LogP contribution in [-0.4, -0.2) is 60.2 Å². The second kappa shape index (κ2) is 7.84. The number of anilines is 1. The Morgan fingerprint density at radius 3 is 2.00 bits per heavy atom. The van der Waals surface area contributed by atoms with E-state index in [-0.39, 0.29) is 30.1 Å². The average molecular weight is 377 g/mol. The Labute approximate surface area is 164 Å². The van der Waals surface area contributed by atoms with Gasteiger partial charge in [-0.15, -0.1) is 0 Å². The standard InChI is InChI=1S/C22H23N3O3/c26-20-15-18(16-25(20)19-9-5-2-6-10-19)22(28)24-13-11-23(12-14-24)21(27)17-7-3-1-4-8-17/h1-10,18H,11-16H2. The van der Waals surface area contributed by atoms with E-state index in [1.165, 1.54) is 0 Å². The third-order valence-corrected chi connectivity index (χ3v) is 5.44. The summed E-state index contributed by atoms with van der Waals surface area (Å²) in [5.74, 6) is -0.316. The van der Waals surface area contributed by atoms with Gasteiger partial charge in [0.05, 0.1) is 5.92 Å². The van der Waals surface area contributed by atoms with Gasteiger partial charge in [-0.3, -0.25) is 14.4 Å². The third kappa shape index (κ3) is 3.63. The van der Waals surface area contributed by atoms with E-state index in [0.29, 0.717) is 38.3 Å². The fraction of sp³-hybridized carbons (Fsp3) is 0.318. The number of para-hydroxylation sites is 1. The minimum absolute atomic E-state index is 0.000930. The zero-order chi connectivity index (χ0) is 19.5. The molecule has 6 heteroatoms. The van der Waals surface area contributed by atoms with Gasteiger partial charge in [-0.25, -0.2) is 0 Å². The minimum Gasteiger partial charge on any atom is -0.339 e. The molecule has 2 fully saturated rings. The van der Waals surface area contributed by atoms with Crippen LogP contribution in [0.1, 0.15) is 16.8 Å². The highest BCUT2D eigenvalue weighted by Crippen LogP contribution is 2.26. The molecular formula is C22H23N3O3. The van der Waals surface area contributed by atoms with Crippen molar-refractivity contribution in [1.82, 2.24) is 9.80 Å². The Morgan fingerprint density at radius 1 is 0.786 bits per heavy atom. The lowest BCUT2D eigenvalue weighted by Crippen LogP contribution is -2.52. The normalized spacial score (nSPS) is 19.8. The summed E-state index contributed by atoms with van der Waals surface area (Å²) >= 11 is 0. The molecule has 0 N–H and O–H groups in total. The maximum absolute atomic E-state index is 12.9. The highest BCUT2D eigenvalue weighted by atomic mass is 16.2. The molecule has 2 aliphatic heterocycles. The number of piperazine rings is 1. The van der Waals surface area contributed by atoms with E-state index >= 15 is 0 Å². The van der Waals surface area contributed by atoms with Crippen molar-refractivity contribution in [3.05, 3.63) is 66.2 Å². The number of amides is 3. The van der Waals surface area contributed by atoms with Gasteiger partial charge in [0.1, 0.15) is 0 Å². The first-order chi connectivity index (χ1) is 13.6. The van der Waals surface area contributed by atoms with Crippen LogP contribution in [0.15, 0.2) is 60.7 Å². The maximum Gasteiger partial charge on any atom is 0.253 e. The second-order valence-corrected chi connectivity index (χ2v) is 7.22. The van der Waals surface area contributed by atoms with Crippen LogP contribution in [0.3, 0.4) is 0 Å². The first-order valence-electron chi connectivity index (χ1n) is 9.62. The van der Waals surface area contributed by atoms with Gasteiger partial charge < -0.3 is 14.7 Å². The van der Waals surface area contributed by atoms with E-state index in [1.807, 2.05) is 60.7 Å². The third-order valence-electron chi connectivity index (χ3n) is 5.44. The van der Waals surface area contributed by atoms with E-state index < -0.39 is 0 Å². The second-order valence-electron chi connectivity index (χ2n) is 7.22. The van der Waals surface area contributed by atoms with Gasteiger partial charge in [0.25, 0.3) is 5.91 Å². The van der Waals surface area contributed by atoms with E-state index in [4.69, 9.17) is 0 Å². The molecule has 6 nitrogen and oxygen atoms in total. The van der Waals surface area contributed by atoms with Crippen molar-refractivity contribution in [3.8, 4) is 0 Å². The van der Waals surface area contributed by atoms with Crippen LogP contribution < -0.4 is 4.90 Å². The molecule has 28 heavy (non-hydrogen) atoms. The van der Waals surface area contributed by atoms with Crippen LogP contribution in [0, 0.1) is 5.92 Å². The Balaban J connectivity index is 1.34. The number of nitrogens with zero attached hydrogens (tertiary/aromatic N) is 3. The largest absolute Gasteiger partial charge is 0.339 e. The quantitative estimate of drug-likeness (QED) is 0.822. The van der Waals surface area contributed by atoms with Gasteiger partial charge in [0.2, 0.25) is 11.8 Å². The van der Waals surface area contributed by atoms with Gasteiger partial charge in [0, 0.05) is 50.4 Å². The highest BCUT2D eigenvalue weighted by molar-refractivity contribution is 6.00. The van der Waals surface area contributed by atoms with E-state index in [1.54, 1.807) is 14.7 Å². The van der Waals surface area contributed by atoms with Crippen molar-refractivity contribution in [1.29, 1.82) is 0 Å². The van der Waals surface area contributed by atoms with Crippen molar-refractivity contribution >= 4 is 23.4 Å². The molecule has 1 unspecified atom stereocenters. The molecule has 2 aromatic rings. The van der Waals surface area contributed by atoms with Crippen LogP contribution in [-0.2, 0) is 9.59 Å². The molecule has 0 radical (unpaired) electrons. The summed E-state index contributed by atoms with van der Waals surface area (Å²) in [6.07, 6.45) is 0.247. The molecular weight excluding hydrogens is 354 g/mol. The van der Waals surface area contributed by atoms with Crippen LogP contribution in [0.25, 0.3) is 0 Å². The molecule has 0 spiro atoms. The summed E-state index contributed by atoms with van der Waals surface area (Å²) < 4.78 is 0. The molecule has 2 heterocycles. The lowest BCUT2D eigenvalue weighted by atomic mass is 10.1. The summed E-state index contributed by atoms with van der Waals surface area (Å²) in [7, 11) is 0. The molecule has 0 saturated carbocycles. The predicted octanol–water partition coefficient (Wildman–Crippen LogP) is 2.02. The first kappa shape index (κ1) is 18.2. The zero-order valence-corrected chi connectivity index (χ0v) is 15.7. The van der Waals surface area contributed by atoms with Crippen LogP contribution in [0.2, 0.25) is 0 Å². The number of hydrogen-bond acceptors (Lipinski definition) is 3. The Kier molecular flexibility index (Phi) is 5.10. The first-order valence-corrected chi connectivity index (χ1v) is 9.62. The maximum atomic E-state index is 12.9. The van der Waals surface area contributed by atoms with Crippen LogP contribution in [0.4, 0.5) is 5.69 Å². The molecule has 0 aliphatic carbocycles. The van der Waals surface area contributed by atoms with E-state index in [9.17, 15) is 14.4 Å². The molecule has 2 saturated heterocycles. The van der Waals surface area contributed by atoms with E-state index in [2.05, 4.69) is 0 Å². The van der Waals surface area contributed by atoms with Gasteiger partial charge in [0.15, 0.2) is 0 Å². The molecule has 0 bridgehead atoms. The highest BCUT2D eigenvalue weighted by Gasteiger charge is 2.38. The molecule has 3 amide bonds. The molecule has 144 valence electrons. The number of hydrogen-bond donors (Lipinski definition) is 0. The monoisotopic (exact) mass is 377 g/mol. The van der Waals surface area contributed by atoms with Crippen molar-refractivity contribution in [2.45, 2.75) is 6.42 Å². The smallest absolute Gasteiger partial charge is 0.253 e. The van der Waals surface area contributed by atoms with Crippen molar-refractivity contribution < 1.29 is 14.4 Å². The van der Waals surface area contributed by atoms with Crippen molar-refractivity contribution in [2.24, 2.45) is 5.92 Å². The minimum atomic E-state index is -0.316. The van der Waals surface area contributed by atoms with Gasteiger partial charge in [-0.1, -0.05) is 36.4 Å². The molecule has 4 rings (SSSR count). The Morgan fingerprint density at radius 2 is 1.36 bits per heavy atom. The molecule has 1 atom stereocenters. The summed E-state index contributed by atoms with van der Waals surface area (Å²) in [5, 5.41) is 0. The van der Waals surface area contributed by atoms with Crippen molar-refractivity contribution in [3.63, 3.8) is 0 Å². The van der Waals surface area contributed by atoms with Gasteiger partial charge in [-0.2, -0.15) is 0 Å². The predicted molar refractivity (Wildman–Crippen MR) is 106 cm³/mol. The SMILES string of the molecule is O=C(c1ccccc1)N1CCN(C(=O)C2CC(=O)N(c3ccccc3)C2)CC1. The zero-order valence-electron chi connectivity index (χ0n) is 15.7. The summed E-state index contributed by atoms with van der Waals surface area (Å²) in [5.41, 5.74) is 1.50. The summed E-state index contributed by atoms with van der Waals surface area (Å²) in [6.45, 7) is 2.47. The topological polar surface area (TPSA) is 60.9 Å². The fourth-order valence-corrected chi connectivity index (χ4v) is 3.88. The number of benzene rings is 2. The van der Waals surface area contributed by atoms with Crippen molar-refractivity contribution in [2.75, 3.05) is 37.6 Å². The molecule has 0 aromatic heterocycles. The lowest BCUT2D eigenvalue weighted by Gasteiger charge is -2.36. The lowest BCUT2D eigenvalue weighted by molar-refractivity contribution is -0.137. The molecule has 2 aliphatic rings. The summed E-state index contributed by atoms with van der Waals surface area (Å²) in [6, 6.07) is 18.7. The van der Waals surface area contributed by atoms with E-state index in [0.717, 1.165) is 5.69 Å². The Hall–Kier alpha value is -3.15. The van der Waals surface area contributed by atoms with Gasteiger partial charge >= 0.3 is 0 Å².